The molecule has 0 bridgehead atoms. The van der Waals surface area contributed by atoms with Crippen LogP contribution in [0.5, 0.6) is 0 Å². The number of aliphatic hydroxyl groups is 3. The van der Waals surface area contributed by atoms with Crippen LogP contribution in [-0.2, 0) is 14.4 Å². The third-order valence-electron chi connectivity index (χ3n) is 7.75. The molecule has 0 aliphatic carbocycles. The number of aromatic nitrogens is 3. The van der Waals surface area contributed by atoms with Crippen LogP contribution in [0.3, 0.4) is 0 Å². The third kappa shape index (κ3) is 5.51. The standard InChI is InChI=1S/C25H30F3N5O6/c1-12(35)32-4-2-13(3-5-32)18-8-15(39-30-18)9-20-24(36)23(25(37)21(11-34)38-20)33-10-19(29-31-33)14-6-16(26)22(28)17(27)7-14/h6-7,10,13,15,20-21,23-25,34,36-37H,2-5,8-9,11H2,1H3/t15-,20-,21-,23-,24+,25+/m1/s1. The van der Waals surface area contributed by atoms with E-state index in [2.05, 4.69) is 15.5 Å². The molecule has 1 aromatic heterocycles. The summed E-state index contributed by atoms with van der Waals surface area (Å²) in [5.74, 6) is -4.16. The molecule has 212 valence electrons. The molecular weight excluding hydrogens is 523 g/mol. The minimum Gasteiger partial charge on any atom is -0.394 e. The van der Waals surface area contributed by atoms with E-state index in [9.17, 15) is 33.3 Å². The fourth-order valence-electron chi connectivity index (χ4n) is 5.55. The number of hydrogen-bond donors (Lipinski definition) is 3. The van der Waals surface area contributed by atoms with Crippen LogP contribution in [0.25, 0.3) is 11.3 Å². The van der Waals surface area contributed by atoms with E-state index in [0.29, 0.717) is 19.5 Å². The summed E-state index contributed by atoms with van der Waals surface area (Å²) in [6.07, 6.45) is -1.48. The Bertz CT molecular complexity index is 1210. The monoisotopic (exact) mass is 553 g/mol. The molecule has 5 rings (SSSR count). The Labute approximate surface area is 221 Å². The van der Waals surface area contributed by atoms with Crippen molar-refractivity contribution < 1.29 is 42.9 Å². The predicted octanol–water partition coefficient (Wildman–Crippen LogP) is 1.18. The van der Waals surface area contributed by atoms with Gasteiger partial charge in [0, 0.05) is 44.3 Å². The van der Waals surface area contributed by atoms with E-state index >= 15 is 0 Å². The Morgan fingerprint density at radius 3 is 2.41 bits per heavy atom. The Hall–Kier alpha value is -3.07. The molecule has 3 aliphatic rings. The van der Waals surface area contributed by atoms with E-state index in [1.165, 1.54) is 6.20 Å². The van der Waals surface area contributed by atoms with Crippen molar-refractivity contribution in [2.24, 2.45) is 11.1 Å². The number of ether oxygens (including phenoxy) is 1. The van der Waals surface area contributed by atoms with Crippen molar-refractivity contribution in [1.29, 1.82) is 0 Å². The first kappa shape index (κ1) is 27.5. The van der Waals surface area contributed by atoms with Gasteiger partial charge in [0.2, 0.25) is 5.91 Å². The lowest BCUT2D eigenvalue weighted by molar-refractivity contribution is -0.212. The lowest BCUT2D eigenvalue weighted by Gasteiger charge is -2.42. The molecule has 2 fully saturated rings. The second kappa shape index (κ2) is 11.2. The van der Waals surface area contributed by atoms with Gasteiger partial charge >= 0.3 is 0 Å². The predicted molar refractivity (Wildman–Crippen MR) is 129 cm³/mol. The third-order valence-corrected chi connectivity index (χ3v) is 7.75. The van der Waals surface area contributed by atoms with Gasteiger partial charge in [-0.1, -0.05) is 10.4 Å². The van der Waals surface area contributed by atoms with E-state index in [1.54, 1.807) is 11.8 Å². The first-order valence-corrected chi connectivity index (χ1v) is 12.8. The van der Waals surface area contributed by atoms with Crippen LogP contribution in [0.15, 0.2) is 23.5 Å². The summed E-state index contributed by atoms with van der Waals surface area (Å²) < 4.78 is 47.7. The van der Waals surface area contributed by atoms with Crippen molar-refractivity contribution in [3.63, 3.8) is 0 Å². The Kier molecular flexibility index (Phi) is 7.89. The Morgan fingerprint density at radius 1 is 1.10 bits per heavy atom. The molecule has 1 aromatic carbocycles. The van der Waals surface area contributed by atoms with Gasteiger partial charge in [0.25, 0.3) is 0 Å². The second-order valence-corrected chi connectivity index (χ2v) is 10.2. The molecule has 3 aliphatic heterocycles. The van der Waals surface area contributed by atoms with Crippen molar-refractivity contribution in [1.82, 2.24) is 19.9 Å². The summed E-state index contributed by atoms with van der Waals surface area (Å²) in [7, 11) is 0. The molecule has 0 radical (unpaired) electrons. The maximum absolute atomic E-state index is 13.7. The van der Waals surface area contributed by atoms with Crippen LogP contribution in [0, 0.1) is 23.4 Å². The lowest BCUT2D eigenvalue weighted by atomic mass is 9.86. The highest BCUT2D eigenvalue weighted by Gasteiger charge is 2.47. The highest BCUT2D eigenvalue weighted by Crippen LogP contribution is 2.35. The van der Waals surface area contributed by atoms with Crippen LogP contribution in [0.2, 0.25) is 0 Å². The smallest absolute Gasteiger partial charge is 0.219 e. The summed E-state index contributed by atoms with van der Waals surface area (Å²) >= 11 is 0. The number of halogens is 3. The zero-order chi connectivity index (χ0) is 27.8. The number of carbonyl (C=O) groups is 1. The molecule has 11 nitrogen and oxygen atoms in total. The molecule has 14 heteroatoms. The molecule has 0 unspecified atom stereocenters. The number of hydrogen-bond acceptors (Lipinski definition) is 9. The van der Waals surface area contributed by atoms with Crippen LogP contribution in [0.4, 0.5) is 13.2 Å². The van der Waals surface area contributed by atoms with Gasteiger partial charge < -0.3 is 29.8 Å². The van der Waals surface area contributed by atoms with E-state index in [1.807, 2.05) is 0 Å². The van der Waals surface area contributed by atoms with Crippen molar-refractivity contribution in [3.8, 4) is 11.3 Å². The minimum atomic E-state index is -1.61. The number of likely N-dealkylation sites (tertiary alicyclic amines) is 1. The fourth-order valence-corrected chi connectivity index (χ4v) is 5.55. The zero-order valence-corrected chi connectivity index (χ0v) is 21.2. The number of benzene rings is 1. The number of rotatable bonds is 6. The molecular formula is C25H30F3N5O6. The van der Waals surface area contributed by atoms with Gasteiger partial charge in [0.1, 0.15) is 36.2 Å². The molecule has 6 atom stereocenters. The average molecular weight is 554 g/mol. The molecule has 4 heterocycles. The number of aliphatic hydroxyl groups excluding tert-OH is 3. The van der Waals surface area contributed by atoms with Gasteiger partial charge in [-0.05, 0) is 25.0 Å². The van der Waals surface area contributed by atoms with Gasteiger partial charge in [0.05, 0.1) is 24.6 Å². The first-order valence-electron chi connectivity index (χ1n) is 12.8. The molecule has 2 saturated heterocycles. The van der Waals surface area contributed by atoms with Gasteiger partial charge in [-0.25, -0.2) is 17.9 Å². The van der Waals surface area contributed by atoms with Gasteiger partial charge in [-0.3, -0.25) is 4.79 Å². The molecule has 0 spiro atoms. The highest BCUT2D eigenvalue weighted by atomic mass is 19.2. The van der Waals surface area contributed by atoms with Crippen LogP contribution < -0.4 is 0 Å². The second-order valence-electron chi connectivity index (χ2n) is 10.2. The zero-order valence-electron chi connectivity index (χ0n) is 21.2. The van der Waals surface area contributed by atoms with Crippen molar-refractivity contribution in [2.75, 3.05) is 19.7 Å². The van der Waals surface area contributed by atoms with Crippen molar-refractivity contribution in [2.45, 2.75) is 69.2 Å². The van der Waals surface area contributed by atoms with Gasteiger partial charge in [-0.2, -0.15) is 0 Å². The quantitative estimate of drug-likeness (QED) is 0.453. The number of carbonyl (C=O) groups excluding carboxylic acids is 1. The van der Waals surface area contributed by atoms with Crippen LogP contribution in [0.1, 0.15) is 38.6 Å². The molecule has 39 heavy (non-hydrogen) atoms. The SMILES string of the molecule is CC(=O)N1CCC(C2=NO[C@@H](C[C@H]3O[C@H](CO)[C@H](O)[C@H](n4cc(-c5cc(F)c(F)c(F)c5)nn4)[C@H]3O)C2)CC1. The molecule has 3 N–H and O–H groups in total. The normalized spacial score (nSPS) is 29.8. The number of amides is 1. The molecule has 1 amide bonds. The van der Waals surface area contributed by atoms with E-state index < -0.39 is 60.6 Å². The van der Waals surface area contributed by atoms with E-state index in [0.717, 1.165) is 35.4 Å². The summed E-state index contributed by atoms with van der Waals surface area (Å²) in [5.41, 5.74) is 0.800. The summed E-state index contributed by atoms with van der Waals surface area (Å²) in [6.45, 7) is 2.32. The van der Waals surface area contributed by atoms with E-state index in [-0.39, 0.29) is 29.5 Å². The summed E-state index contributed by atoms with van der Waals surface area (Å²) in [5, 5.41) is 43.8. The Morgan fingerprint density at radius 2 is 1.77 bits per heavy atom. The molecule has 0 saturated carbocycles. The van der Waals surface area contributed by atoms with Crippen molar-refractivity contribution in [3.05, 3.63) is 35.8 Å². The largest absolute Gasteiger partial charge is 0.394 e. The summed E-state index contributed by atoms with van der Waals surface area (Å²) in [4.78, 5) is 19.0. The van der Waals surface area contributed by atoms with E-state index in [4.69, 9.17) is 9.57 Å². The van der Waals surface area contributed by atoms with Crippen molar-refractivity contribution >= 4 is 11.6 Å². The Balaban J connectivity index is 1.27. The number of nitrogens with zero attached hydrogens (tertiary/aromatic N) is 5. The van der Waals surface area contributed by atoms with Crippen LogP contribution >= 0.6 is 0 Å². The summed E-state index contributed by atoms with van der Waals surface area (Å²) in [6, 6.07) is 0.416. The van der Waals surface area contributed by atoms with Crippen LogP contribution in [-0.4, -0.2) is 97.0 Å². The topological polar surface area (TPSA) is 143 Å². The number of oxime groups is 1. The maximum atomic E-state index is 13.7. The maximum Gasteiger partial charge on any atom is 0.219 e. The minimum absolute atomic E-state index is 0.0104. The van der Waals surface area contributed by atoms with Gasteiger partial charge in [0.15, 0.2) is 17.5 Å². The lowest BCUT2D eigenvalue weighted by Crippen LogP contribution is -2.56. The molecule has 2 aromatic rings. The first-order chi connectivity index (χ1) is 18.7. The van der Waals surface area contributed by atoms with Gasteiger partial charge in [-0.15, -0.1) is 5.10 Å². The fraction of sp³-hybridized carbons (Fsp3) is 0.600. The number of piperidine rings is 1. The average Bonchev–Trinajstić information content (AvgIpc) is 3.59. The highest BCUT2D eigenvalue weighted by molar-refractivity contribution is 5.88.